The highest BCUT2D eigenvalue weighted by molar-refractivity contribution is 5.96. The highest BCUT2D eigenvalue weighted by atomic mass is 16.4. The first-order valence-corrected chi connectivity index (χ1v) is 14.9. The van der Waals surface area contributed by atoms with Crippen LogP contribution in [-0.4, -0.2) is 96.5 Å². The lowest BCUT2D eigenvalue weighted by molar-refractivity contribution is -0.142. The van der Waals surface area contributed by atoms with E-state index >= 15 is 0 Å². The van der Waals surface area contributed by atoms with E-state index in [4.69, 9.17) is 22.9 Å². The maximum atomic E-state index is 13.1. The molecule has 0 aliphatic heterocycles. The molecule has 0 aromatic heterocycles. The molecule has 0 heterocycles. The van der Waals surface area contributed by atoms with Crippen LogP contribution in [0.5, 0.6) is 0 Å². The summed E-state index contributed by atoms with van der Waals surface area (Å²) in [7, 11) is 0. The summed E-state index contributed by atoms with van der Waals surface area (Å²) >= 11 is 0. The molecule has 43 heavy (non-hydrogen) atoms. The van der Waals surface area contributed by atoms with Crippen molar-refractivity contribution < 1.29 is 33.9 Å². The van der Waals surface area contributed by atoms with Gasteiger partial charge in [0.1, 0.15) is 30.2 Å². The SMILES string of the molecule is CC(N)C(=O)NC(CCCCN)C(=O)NC(C)C(=O)NC(CCCCN)C(=O)NC(C)C(=O)NC(CCCCN)C(=O)O. The van der Waals surface area contributed by atoms with Gasteiger partial charge in [0.15, 0.2) is 0 Å². The van der Waals surface area contributed by atoms with Crippen molar-refractivity contribution in [3.63, 3.8) is 0 Å². The summed E-state index contributed by atoms with van der Waals surface area (Å²) in [5.74, 6) is -4.34. The fraction of sp³-hybridized carbons (Fsp3) is 0.778. The summed E-state index contributed by atoms with van der Waals surface area (Å²) in [5.41, 5.74) is 22.1. The minimum atomic E-state index is -1.20. The van der Waals surface area contributed by atoms with Gasteiger partial charge >= 0.3 is 5.97 Å². The highest BCUT2D eigenvalue weighted by Gasteiger charge is 2.30. The molecule has 0 bridgehead atoms. The van der Waals surface area contributed by atoms with Crippen LogP contribution in [0, 0.1) is 0 Å². The second-order valence-corrected chi connectivity index (χ2v) is 10.6. The second kappa shape index (κ2) is 22.2. The van der Waals surface area contributed by atoms with Crippen molar-refractivity contribution >= 4 is 35.5 Å². The third kappa shape index (κ3) is 16.8. The van der Waals surface area contributed by atoms with E-state index in [-0.39, 0.29) is 19.3 Å². The maximum absolute atomic E-state index is 13.1. The first-order chi connectivity index (χ1) is 20.3. The lowest BCUT2D eigenvalue weighted by Crippen LogP contribution is -2.58. The number of aliphatic carboxylic acids is 1. The number of carbonyl (C=O) groups excluding carboxylic acids is 5. The van der Waals surface area contributed by atoms with E-state index in [0.717, 1.165) is 0 Å². The van der Waals surface area contributed by atoms with Crippen LogP contribution < -0.4 is 49.5 Å². The smallest absolute Gasteiger partial charge is 0.326 e. The summed E-state index contributed by atoms with van der Waals surface area (Å²) in [6.07, 6.45) is 4.04. The Morgan fingerprint density at radius 3 is 1.16 bits per heavy atom. The van der Waals surface area contributed by atoms with Crippen LogP contribution in [0.15, 0.2) is 0 Å². The van der Waals surface area contributed by atoms with Gasteiger partial charge in [-0.15, -0.1) is 0 Å². The predicted molar refractivity (Wildman–Crippen MR) is 161 cm³/mol. The van der Waals surface area contributed by atoms with Crippen LogP contribution in [0.2, 0.25) is 0 Å². The molecule has 6 unspecified atom stereocenters. The number of nitrogens with two attached hydrogens (primary N) is 4. The zero-order valence-electron chi connectivity index (χ0n) is 25.7. The molecule has 16 heteroatoms. The summed E-state index contributed by atoms with van der Waals surface area (Å²) < 4.78 is 0. The third-order valence-electron chi connectivity index (χ3n) is 6.64. The lowest BCUT2D eigenvalue weighted by atomic mass is 10.1. The largest absolute Gasteiger partial charge is 0.480 e. The molecule has 5 amide bonds. The number of unbranched alkanes of at least 4 members (excludes halogenated alkanes) is 3. The molecule has 0 rings (SSSR count). The van der Waals surface area contributed by atoms with Gasteiger partial charge in [0, 0.05) is 0 Å². The Labute approximate surface area is 253 Å². The van der Waals surface area contributed by atoms with Gasteiger partial charge in [-0.25, -0.2) is 4.79 Å². The minimum absolute atomic E-state index is 0.184. The monoisotopic (exact) mass is 615 g/mol. The Balaban J connectivity index is 5.39. The van der Waals surface area contributed by atoms with Gasteiger partial charge in [-0.3, -0.25) is 24.0 Å². The number of carboxylic acids is 1. The van der Waals surface area contributed by atoms with Gasteiger partial charge in [-0.1, -0.05) is 0 Å². The number of amides is 5. The molecule has 0 saturated heterocycles. The molecule has 6 atom stereocenters. The maximum Gasteiger partial charge on any atom is 0.326 e. The average Bonchev–Trinajstić information content (AvgIpc) is 2.95. The van der Waals surface area contributed by atoms with Crippen molar-refractivity contribution in [1.82, 2.24) is 26.6 Å². The van der Waals surface area contributed by atoms with Gasteiger partial charge in [-0.2, -0.15) is 0 Å². The topological polar surface area (TPSA) is 287 Å². The van der Waals surface area contributed by atoms with Crippen LogP contribution >= 0.6 is 0 Å². The van der Waals surface area contributed by atoms with E-state index in [9.17, 15) is 33.9 Å². The molecule has 0 aliphatic rings. The van der Waals surface area contributed by atoms with E-state index in [2.05, 4.69) is 26.6 Å². The Morgan fingerprint density at radius 2 is 0.837 bits per heavy atom. The number of rotatable bonds is 23. The van der Waals surface area contributed by atoms with Crippen molar-refractivity contribution in [1.29, 1.82) is 0 Å². The van der Waals surface area contributed by atoms with E-state index in [1.165, 1.54) is 20.8 Å². The summed E-state index contributed by atoms with van der Waals surface area (Å²) in [6, 6.07) is -6.15. The zero-order valence-corrected chi connectivity index (χ0v) is 25.7. The van der Waals surface area contributed by atoms with Crippen LogP contribution in [0.25, 0.3) is 0 Å². The molecule has 0 aliphatic carbocycles. The minimum Gasteiger partial charge on any atom is -0.480 e. The summed E-state index contributed by atoms with van der Waals surface area (Å²) in [6.45, 7) is 5.48. The molecular weight excluding hydrogens is 562 g/mol. The molecule has 0 fully saturated rings. The number of carbonyl (C=O) groups is 6. The molecule has 0 spiro atoms. The van der Waals surface area contributed by atoms with Crippen LogP contribution in [0.4, 0.5) is 0 Å². The zero-order chi connectivity index (χ0) is 32.9. The second-order valence-electron chi connectivity index (χ2n) is 10.6. The number of nitrogens with one attached hydrogen (secondary N) is 5. The van der Waals surface area contributed by atoms with Crippen LogP contribution in [0.1, 0.15) is 78.6 Å². The number of hydrogen-bond acceptors (Lipinski definition) is 10. The molecule has 0 aromatic rings. The van der Waals surface area contributed by atoms with Gasteiger partial charge in [0.25, 0.3) is 0 Å². The Kier molecular flexibility index (Phi) is 20.5. The Bertz CT molecular complexity index is 904. The van der Waals surface area contributed by atoms with Crippen molar-refractivity contribution in [2.24, 2.45) is 22.9 Å². The Morgan fingerprint density at radius 1 is 0.512 bits per heavy atom. The first kappa shape index (κ1) is 39.7. The molecule has 16 nitrogen and oxygen atoms in total. The van der Waals surface area contributed by atoms with Gasteiger partial charge < -0.3 is 54.6 Å². The van der Waals surface area contributed by atoms with E-state index in [0.29, 0.717) is 58.2 Å². The first-order valence-electron chi connectivity index (χ1n) is 14.9. The highest BCUT2D eigenvalue weighted by Crippen LogP contribution is 2.06. The van der Waals surface area contributed by atoms with E-state index in [1.54, 1.807) is 0 Å². The molecule has 14 N–H and O–H groups in total. The Hall–Kier alpha value is -3.34. The fourth-order valence-electron chi connectivity index (χ4n) is 3.93. The molecule has 0 aromatic carbocycles. The predicted octanol–water partition coefficient (Wildman–Crippen LogP) is -2.73. The van der Waals surface area contributed by atoms with Gasteiger partial charge in [0.2, 0.25) is 29.5 Å². The lowest BCUT2D eigenvalue weighted by Gasteiger charge is -2.25. The van der Waals surface area contributed by atoms with Crippen molar-refractivity contribution in [2.45, 2.75) is 115 Å². The van der Waals surface area contributed by atoms with Gasteiger partial charge in [0.05, 0.1) is 6.04 Å². The normalized spacial score (nSPS) is 15.1. The van der Waals surface area contributed by atoms with Crippen molar-refractivity contribution in [3.05, 3.63) is 0 Å². The van der Waals surface area contributed by atoms with E-state index < -0.39 is 71.8 Å². The van der Waals surface area contributed by atoms with Crippen LogP contribution in [-0.2, 0) is 28.8 Å². The molecule has 0 saturated carbocycles. The quantitative estimate of drug-likeness (QED) is 0.0526. The molecule has 248 valence electrons. The van der Waals surface area contributed by atoms with Gasteiger partial charge in [-0.05, 0) is 98.2 Å². The van der Waals surface area contributed by atoms with Crippen LogP contribution in [0.3, 0.4) is 0 Å². The summed E-state index contributed by atoms with van der Waals surface area (Å²) in [5, 5.41) is 22.1. The third-order valence-corrected chi connectivity index (χ3v) is 6.64. The fourth-order valence-corrected chi connectivity index (χ4v) is 3.93. The summed E-state index contributed by atoms with van der Waals surface area (Å²) in [4.78, 5) is 75.3. The average molecular weight is 616 g/mol. The van der Waals surface area contributed by atoms with Crippen molar-refractivity contribution in [3.8, 4) is 0 Å². The number of hydrogen-bond donors (Lipinski definition) is 10. The van der Waals surface area contributed by atoms with Crippen molar-refractivity contribution in [2.75, 3.05) is 19.6 Å². The molecule has 0 radical (unpaired) electrons. The number of carboxylic acid groups (broad SMARTS) is 1. The van der Waals surface area contributed by atoms with E-state index in [1.807, 2.05) is 0 Å². The molecular formula is C27H53N9O7. The standard InChI is InChI=1S/C27H53N9O7/c1-16(31)22(37)34-19(10-4-7-13-28)25(40)32-17(2)23(38)35-20(11-5-8-14-29)26(41)33-18(3)24(39)36-21(27(42)43)12-6-9-15-30/h16-21H,4-15,28-31H2,1-3H3,(H,32,40)(H,33,41)(H,34,37)(H,35,38)(H,36,39)(H,42,43).